The predicted molar refractivity (Wildman–Crippen MR) is 117 cm³/mol. The maximum absolute atomic E-state index is 13.5. The molecule has 8 heteroatoms. The molecule has 4 aromatic rings. The first-order valence-electron chi connectivity index (χ1n) is 9.27. The summed E-state index contributed by atoms with van der Waals surface area (Å²) in [7, 11) is 0. The zero-order chi connectivity index (χ0) is 20.7. The smallest absolute Gasteiger partial charge is 0.260 e. The van der Waals surface area contributed by atoms with E-state index in [1.165, 1.54) is 11.3 Å². The average Bonchev–Trinajstić information content (AvgIpc) is 3.42. The van der Waals surface area contributed by atoms with E-state index in [1.54, 1.807) is 29.3 Å². The van der Waals surface area contributed by atoms with Crippen molar-refractivity contribution in [2.45, 2.75) is 13.5 Å². The van der Waals surface area contributed by atoms with Gasteiger partial charge in [0.15, 0.2) is 16.6 Å². The molecule has 0 unspecified atom stereocenters. The van der Waals surface area contributed by atoms with Gasteiger partial charge in [0, 0.05) is 11.8 Å². The highest BCUT2D eigenvalue weighted by atomic mass is 35.5. The normalized spacial score (nSPS) is 12.3. The van der Waals surface area contributed by atoms with Gasteiger partial charge < -0.3 is 9.47 Å². The standard InChI is InChI=1S/C22H16ClN3O3S/c1-13-5-7-16(23)20-19(13)25-22(30-20)26(11-15-4-2-3-9-24-15)21(27)14-6-8-17-18(10-14)29-12-28-17/h2-10H,11-12H2,1H3. The van der Waals surface area contributed by atoms with Gasteiger partial charge in [0.05, 0.1) is 27.5 Å². The molecule has 3 heterocycles. The van der Waals surface area contributed by atoms with Gasteiger partial charge >= 0.3 is 0 Å². The first-order chi connectivity index (χ1) is 14.6. The number of carbonyl (C=O) groups excluding carboxylic acids is 1. The fourth-order valence-electron chi connectivity index (χ4n) is 3.27. The zero-order valence-electron chi connectivity index (χ0n) is 16.0. The molecule has 2 aromatic carbocycles. The van der Waals surface area contributed by atoms with E-state index in [-0.39, 0.29) is 19.2 Å². The molecule has 0 saturated heterocycles. The monoisotopic (exact) mass is 437 g/mol. The third kappa shape index (κ3) is 3.36. The predicted octanol–water partition coefficient (Wildman–Crippen LogP) is 5.23. The van der Waals surface area contributed by atoms with Crippen molar-refractivity contribution in [2.24, 2.45) is 0 Å². The van der Waals surface area contributed by atoms with E-state index < -0.39 is 0 Å². The van der Waals surface area contributed by atoms with Crippen LogP contribution < -0.4 is 14.4 Å². The summed E-state index contributed by atoms with van der Waals surface area (Å²) in [5.41, 5.74) is 3.04. The number of benzene rings is 2. The summed E-state index contributed by atoms with van der Waals surface area (Å²) in [6, 6.07) is 14.6. The highest BCUT2D eigenvalue weighted by Gasteiger charge is 2.25. The fourth-order valence-corrected chi connectivity index (χ4v) is 4.59. The van der Waals surface area contributed by atoms with Crippen LogP contribution >= 0.6 is 22.9 Å². The first kappa shape index (κ1) is 18.8. The van der Waals surface area contributed by atoms with E-state index in [0.717, 1.165) is 21.5 Å². The third-order valence-corrected chi connectivity index (χ3v) is 6.37. The number of anilines is 1. The van der Waals surface area contributed by atoms with Crippen LogP contribution in [-0.2, 0) is 6.54 Å². The molecule has 150 valence electrons. The number of hydrogen-bond donors (Lipinski definition) is 0. The minimum Gasteiger partial charge on any atom is -0.454 e. The Balaban J connectivity index is 1.59. The van der Waals surface area contributed by atoms with Gasteiger partial charge in [-0.2, -0.15) is 0 Å². The van der Waals surface area contributed by atoms with Crippen molar-refractivity contribution in [3.63, 3.8) is 0 Å². The van der Waals surface area contributed by atoms with Crippen molar-refractivity contribution >= 4 is 44.2 Å². The molecule has 0 atom stereocenters. The molecule has 1 amide bonds. The first-order valence-corrected chi connectivity index (χ1v) is 10.5. The topological polar surface area (TPSA) is 64.6 Å². The van der Waals surface area contributed by atoms with Gasteiger partial charge in [0.1, 0.15) is 0 Å². The number of halogens is 1. The van der Waals surface area contributed by atoms with E-state index in [2.05, 4.69) is 4.98 Å². The van der Waals surface area contributed by atoms with E-state index in [9.17, 15) is 4.79 Å². The van der Waals surface area contributed by atoms with E-state index >= 15 is 0 Å². The van der Waals surface area contributed by atoms with Crippen LogP contribution in [0.4, 0.5) is 5.13 Å². The van der Waals surface area contributed by atoms with Gasteiger partial charge in [0.2, 0.25) is 6.79 Å². The summed E-state index contributed by atoms with van der Waals surface area (Å²) < 4.78 is 11.7. The molecule has 0 radical (unpaired) electrons. The molecule has 0 spiro atoms. The second-order valence-corrected chi connectivity index (χ2v) is 8.20. The Labute approximate surface area is 181 Å². The summed E-state index contributed by atoms with van der Waals surface area (Å²) in [6.07, 6.45) is 1.71. The summed E-state index contributed by atoms with van der Waals surface area (Å²) >= 11 is 7.78. The largest absolute Gasteiger partial charge is 0.454 e. The Morgan fingerprint density at radius 1 is 1.17 bits per heavy atom. The number of aryl methyl sites for hydroxylation is 1. The number of ether oxygens (including phenoxy) is 2. The van der Waals surface area contributed by atoms with Gasteiger partial charge in [-0.1, -0.05) is 35.1 Å². The van der Waals surface area contributed by atoms with Crippen LogP contribution in [0.1, 0.15) is 21.6 Å². The van der Waals surface area contributed by atoms with E-state index in [0.29, 0.717) is 27.2 Å². The lowest BCUT2D eigenvalue weighted by molar-refractivity contribution is 0.0984. The van der Waals surface area contributed by atoms with Crippen molar-refractivity contribution in [3.8, 4) is 11.5 Å². The van der Waals surface area contributed by atoms with Crippen molar-refractivity contribution in [1.82, 2.24) is 9.97 Å². The van der Waals surface area contributed by atoms with Crippen LogP contribution in [0.25, 0.3) is 10.2 Å². The summed E-state index contributed by atoms with van der Waals surface area (Å²) in [6.45, 7) is 2.41. The summed E-state index contributed by atoms with van der Waals surface area (Å²) in [5, 5.41) is 1.18. The molecule has 5 rings (SSSR count). The van der Waals surface area contributed by atoms with Crippen LogP contribution in [0.15, 0.2) is 54.7 Å². The van der Waals surface area contributed by atoms with Gasteiger partial charge in [-0.15, -0.1) is 0 Å². The minimum atomic E-state index is -0.202. The molecule has 0 aliphatic carbocycles. The number of hydrogen-bond acceptors (Lipinski definition) is 6. The number of fused-ring (bicyclic) bond motifs is 2. The quantitative estimate of drug-likeness (QED) is 0.437. The maximum Gasteiger partial charge on any atom is 0.260 e. The second-order valence-electron chi connectivity index (χ2n) is 6.82. The maximum atomic E-state index is 13.5. The van der Waals surface area contributed by atoms with Crippen molar-refractivity contribution in [1.29, 1.82) is 0 Å². The van der Waals surface area contributed by atoms with Crippen LogP contribution in [-0.4, -0.2) is 22.7 Å². The van der Waals surface area contributed by atoms with Crippen molar-refractivity contribution in [3.05, 3.63) is 76.6 Å². The summed E-state index contributed by atoms with van der Waals surface area (Å²) in [5.74, 6) is 0.985. The Morgan fingerprint density at radius 2 is 2.03 bits per heavy atom. The number of amides is 1. The Morgan fingerprint density at radius 3 is 2.83 bits per heavy atom. The molecule has 30 heavy (non-hydrogen) atoms. The van der Waals surface area contributed by atoms with Crippen LogP contribution in [0.5, 0.6) is 11.5 Å². The van der Waals surface area contributed by atoms with Crippen LogP contribution in [0, 0.1) is 6.92 Å². The number of carbonyl (C=O) groups is 1. The van der Waals surface area contributed by atoms with Gasteiger partial charge in [0.25, 0.3) is 5.91 Å². The Bertz CT molecular complexity index is 1220. The minimum absolute atomic E-state index is 0.153. The molecule has 0 N–H and O–H groups in total. The van der Waals surface area contributed by atoms with Crippen LogP contribution in [0.3, 0.4) is 0 Å². The third-order valence-electron chi connectivity index (χ3n) is 4.83. The van der Waals surface area contributed by atoms with Gasteiger partial charge in [-0.25, -0.2) is 4.98 Å². The van der Waals surface area contributed by atoms with Crippen molar-refractivity contribution < 1.29 is 14.3 Å². The molecular formula is C22H16ClN3O3S. The SMILES string of the molecule is Cc1ccc(Cl)c2sc(N(Cc3ccccn3)C(=O)c3ccc4c(c3)OCO4)nc12. The van der Waals surface area contributed by atoms with Gasteiger partial charge in [-0.3, -0.25) is 14.7 Å². The molecule has 0 fully saturated rings. The second kappa shape index (κ2) is 7.59. The number of thiazole rings is 1. The molecule has 1 aliphatic rings. The highest BCUT2D eigenvalue weighted by molar-refractivity contribution is 7.23. The lowest BCUT2D eigenvalue weighted by atomic mass is 10.1. The molecule has 6 nitrogen and oxygen atoms in total. The zero-order valence-corrected chi connectivity index (χ0v) is 17.5. The number of nitrogens with zero attached hydrogens (tertiary/aromatic N) is 3. The Kier molecular flexibility index (Phi) is 4.77. The Hall–Kier alpha value is -3.16. The lowest BCUT2D eigenvalue weighted by Crippen LogP contribution is -2.30. The van der Waals surface area contributed by atoms with E-state index in [4.69, 9.17) is 26.1 Å². The lowest BCUT2D eigenvalue weighted by Gasteiger charge is -2.19. The molecular weight excluding hydrogens is 422 g/mol. The number of rotatable bonds is 4. The fraction of sp³-hybridized carbons (Fsp3) is 0.136. The number of aromatic nitrogens is 2. The van der Waals surface area contributed by atoms with Crippen molar-refractivity contribution in [2.75, 3.05) is 11.7 Å². The molecule has 1 aliphatic heterocycles. The van der Waals surface area contributed by atoms with Crippen LogP contribution in [0.2, 0.25) is 5.02 Å². The molecule has 2 aromatic heterocycles. The van der Waals surface area contributed by atoms with Gasteiger partial charge in [-0.05, 0) is 48.9 Å². The average molecular weight is 438 g/mol. The molecule has 0 bridgehead atoms. The number of pyridine rings is 1. The molecule has 0 saturated carbocycles. The highest BCUT2D eigenvalue weighted by Crippen LogP contribution is 2.37. The summed E-state index contributed by atoms with van der Waals surface area (Å²) in [4.78, 5) is 24.3. The van der Waals surface area contributed by atoms with E-state index in [1.807, 2.05) is 37.3 Å².